The Labute approximate surface area is 142 Å². The fourth-order valence-electron chi connectivity index (χ4n) is 2.82. The molecule has 0 unspecified atom stereocenters. The Morgan fingerprint density at radius 3 is 2.50 bits per heavy atom. The van der Waals surface area contributed by atoms with Gasteiger partial charge in [-0.05, 0) is 42.7 Å². The maximum absolute atomic E-state index is 13.3. The lowest BCUT2D eigenvalue weighted by Gasteiger charge is -2.31. The van der Waals surface area contributed by atoms with Crippen molar-refractivity contribution in [2.45, 2.75) is 23.9 Å². The van der Waals surface area contributed by atoms with Crippen LogP contribution in [0.3, 0.4) is 0 Å². The molecule has 2 aromatic carbocycles. The molecule has 0 saturated carbocycles. The number of sulfonamides is 1. The van der Waals surface area contributed by atoms with Crippen molar-refractivity contribution in [3.63, 3.8) is 0 Å². The summed E-state index contributed by atoms with van der Waals surface area (Å²) in [5.74, 6) is 0. The van der Waals surface area contributed by atoms with Crippen molar-refractivity contribution in [3.05, 3.63) is 58.6 Å². The fourth-order valence-corrected chi connectivity index (χ4v) is 4.72. The molecule has 0 bridgehead atoms. The van der Waals surface area contributed by atoms with E-state index in [1.54, 1.807) is 24.3 Å². The molecule has 8 heteroatoms. The Morgan fingerprint density at radius 2 is 1.79 bits per heavy atom. The molecular formula is C16H13ClF3NO2S. The van der Waals surface area contributed by atoms with Gasteiger partial charge in [-0.1, -0.05) is 29.8 Å². The number of fused-ring (bicyclic) bond motifs is 1. The van der Waals surface area contributed by atoms with E-state index >= 15 is 0 Å². The first-order chi connectivity index (χ1) is 11.2. The minimum Gasteiger partial charge on any atom is -0.266 e. The second kappa shape index (κ2) is 5.97. The first-order valence-electron chi connectivity index (χ1n) is 7.18. The lowest BCUT2D eigenvalue weighted by atomic mass is 10.0. The van der Waals surface area contributed by atoms with Gasteiger partial charge >= 0.3 is 6.18 Å². The SMILES string of the molecule is O=S(=O)(c1ccc(Cl)cc1C(F)(F)F)N1CCCc2ccccc21. The largest absolute Gasteiger partial charge is 0.417 e. The number of nitrogens with zero attached hydrogens (tertiary/aromatic N) is 1. The van der Waals surface area contributed by atoms with Gasteiger partial charge in [0.2, 0.25) is 0 Å². The summed E-state index contributed by atoms with van der Waals surface area (Å²) in [7, 11) is -4.35. The van der Waals surface area contributed by atoms with E-state index in [1.165, 1.54) is 0 Å². The Morgan fingerprint density at radius 1 is 1.08 bits per heavy atom. The van der Waals surface area contributed by atoms with Crippen LogP contribution in [0, 0.1) is 0 Å². The maximum Gasteiger partial charge on any atom is 0.417 e. The summed E-state index contributed by atoms with van der Waals surface area (Å²) in [5, 5.41) is -0.166. The molecule has 1 aliphatic rings. The number of alkyl halides is 3. The first-order valence-corrected chi connectivity index (χ1v) is 9.00. The third-order valence-electron chi connectivity index (χ3n) is 3.88. The van der Waals surface area contributed by atoms with E-state index in [0.29, 0.717) is 24.6 Å². The number of hydrogen-bond donors (Lipinski definition) is 0. The molecular weight excluding hydrogens is 363 g/mol. The Hall–Kier alpha value is -1.73. The second-order valence-corrected chi connectivity index (χ2v) is 7.71. The van der Waals surface area contributed by atoms with Gasteiger partial charge in [0.15, 0.2) is 0 Å². The lowest BCUT2D eigenvalue weighted by Crippen LogP contribution is -2.36. The maximum atomic E-state index is 13.3. The monoisotopic (exact) mass is 375 g/mol. The minimum absolute atomic E-state index is 0.138. The molecule has 0 spiro atoms. The number of para-hydroxylation sites is 1. The molecule has 128 valence electrons. The zero-order chi connectivity index (χ0) is 17.5. The highest BCUT2D eigenvalue weighted by atomic mass is 35.5. The Bertz CT molecular complexity index is 881. The fraction of sp³-hybridized carbons (Fsp3) is 0.250. The van der Waals surface area contributed by atoms with Crippen molar-refractivity contribution in [1.29, 1.82) is 0 Å². The van der Waals surface area contributed by atoms with Crippen LogP contribution < -0.4 is 4.31 Å². The number of benzene rings is 2. The summed E-state index contributed by atoms with van der Waals surface area (Å²) < 4.78 is 66.7. The summed E-state index contributed by atoms with van der Waals surface area (Å²) >= 11 is 5.63. The highest BCUT2D eigenvalue weighted by Crippen LogP contribution is 2.39. The highest BCUT2D eigenvalue weighted by molar-refractivity contribution is 7.92. The third-order valence-corrected chi connectivity index (χ3v) is 5.99. The Balaban J connectivity index is 2.17. The molecule has 0 fully saturated rings. The van der Waals surface area contributed by atoms with E-state index in [-0.39, 0.29) is 11.6 Å². The molecule has 0 N–H and O–H groups in total. The third kappa shape index (κ3) is 2.98. The highest BCUT2D eigenvalue weighted by Gasteiger charge is 2.40. The van der Waals surface area contributed by atoms with Crippen LogP contribution in [0.1, 0.15) is 17.5 Å². The molecule has 1 heterocycles. The van der Waals surface area contributed by atoms with Gasteiger partial charge in [0.05, 0.1) is 16.1 Å². The molecule has 0 saturated heterocycles. The smallest absolute Gasteiger partial charge is 0.266 e. The van der Waals surface area contributed by atoms with Crippen LogP contribution in [0.15, 0.2) is 47.4 Å². The molecule has 0 radical (unpaired) electrons. The van der Waals surface area contributed by atoms with E-state index < -0.39 is 26.7 Å². The molecule has 24 heavy (non-hydrogen) atoms. The average molecular weight is 376 g/mol. The van der Waals surface area contributed by atoms with Crippen molar-refractivity contribution in [3.8, 4) is 0 Å². The van der Waals surface area contributed by atoms with Crippen LogP contribution in [-0.4, -0.2) is 15.0 Å². The molecule has 0 atom stereocenters. The van der Waals surface area contributed by atoms with Crippen LogP contribution in [0.5, 0.6) is 0 Å². The van der Waals surface area contributed by atoms with Gasteiger partial charge in [-0.25, -0.2) is 8.42 Å². The summed E-state index contributed by atoms with van der Waals surface area (Å²) in [6, 6.07) is 9.54. The molecule has 0 aromatic heterocycles. The van der Waals surface area contributed by atoms with E-state index in [2.05, 4.69) is 0 Å². The van der Waals surface area contributed by atoms with Crippen LogP contribution >= 0.6 is 11.6 Å². The number of aryl methyl sites for hydroxylation is 1. The number of anilines is 1. The first kappa shape index (κ1) is 17.1. The van der Waals surface area contributed by atoms with Crippen LogP contribution in [0.25, 0.3) is 0 Å². The predicted molar refractivity (Wildman–Crippen MR) is 85.7 cm³/mol. The van der Waals surface area contributed by atoms with Crippen LogP contribution in [0.2, 0.25) is 5.02 Å². The van der Waals surface area contributed by atoms with Crippen molar-refractivity contribution in [2.75, 3.05) is 10.8 Å². The van der Waals surface area contributed by atoms with Crippen LogP contribution in [-0.2, 0) is 22.6 Å². The zero-order valence-corrected chi connectivity index (χ0v) is 13.9. The van der Waals surface area contributed by atoms with Crippen molar-refractivity contribution in [1.82, 2.24) is 0 Å². The summed E-state index contributed by atoms with van der Waals surface area (Å²) in [5.41, 5.74) is -0.0280. The lowest BCUT2D eigenvalue weighted by molar-refractivity contribution is -0.139. The standard InChI is InChI=1S/C16H13ClF3NO2S/c17-12-7-8-15(13(10-12)16(18,19)20)24(22,23)21-9-3-5-11-4-1-2-6-14(11)21/h1-2,4,6-8,10H,3,5,9H2. The summed E-state index contributed by atoms with van der Waals surface area (Å²) in [6.07, 6.45) is -3.58. The van der Waals surface area contributed by atoms with Crippen molar-refractivity contribution >= 4 is 27.3 Å². The zero-order valence-electron chi connectivity index (χ0n) is 12.3. The Kier molecular flexibility index (Phi) is 4.25. The number of hydrogen-bond acceptors (Lipinski definition) is 2. The van der Waals surface area contributed by atoms with Gasteiger partial charge in [0, 0.05) is 11.6 Å². The molecule has 1 aliphatic heterocycles. The molecule has 3 nitrogen and oxygen atoms in total. The summed E-state index contributed by atoms with van der Waals surface area (Å²) in [4.78, 5) is -0.781. The van der Waals surface area contributed by atoms with E-state index in [1.807, 2.05) is 0 Å². The quantitative estimate of drug-likeness (QED) is 0.775. The van der Waals surface area contributed by atoms with Gasteiger partial charge in [-0.2, -0.15) is 13.2 Å². The topological polar surface area (TPSA) is 37.4 Å². The normalized spacial score (nSPS) is 15.2. The molecule has 0 aliphatic carbocycles. The van der Waals surface area contributed by atoms with Gasteiger partial charge < -0.3 is 0 Å². The number of halogens is 4. The summed E-state index contributed by atoms with van der Waals surface area (Å²) in [6.45, 7) is 0.138. The van der Waals surface area contributed by atoms with Gasteiger partial charge in [0.1, 0.15) is 0 Å². The molecule has 0 amide bonds. The molecule has 2 aromatic rings. The van der Waals surface area contributed by atoms with E-state index in [9.17, 15) is 21.6 Å². The van der Waals surface area contributed by atoms with Crippen molar-refractivity contribution in [2.24, 2.45) is 0 Å². The second-order valence-electron chi connectivity index (χ2n) is 5.45. The average Bonchev–Trinajstić information content (AvgIpc) is 2.53. The van der Waals surface area contributed by atoms with Gasteiger partial charge in [-0.15, -0.1) is 0 Å². The van der Waals surface area contributed by atoms with Gasteiger partial charge in [-0.3, -0.25) is 4.31 Å². The van der Waals surface area contributed by atoms with Crippen molar-refractivity contribution < 1.29 is 21.6 Å². The minimum atomic E-state index is -4.82. The van der Waals surface area contributed by atoms with E-state index in [0.717, 1.165) is 22.0 Å². The predicted octanol–water partition coefficient (Wildman–Crippen LogP) is 4.50. The van der Waals surface area contributed by atoms with Crippen LogP contribution in [0.4, 0.5) is 18.9 Å². The molecule has 3 rings (SSSR count). The van der Waals surface area contributed by atoms with E-state index in [4.69, 9.17) is 11.6 Å². The number of rotatable bonds is 2. The van der Waals surface area contributed by atoms with Gasteiger partial charge in [0.25, 0.3) is 10.0 Å².